The van der Waals surface area contributed by atoms with Crippen molar-refractivity contribution < 1.29 is 16.8 Å². The molecule has 140 valence electrons. The lowest BCUT2D eigenvalue weighted by atomic mass is 10.1. The summed E-state index contributed by atoms with van der Waals surface area (Å²) < 4.78 is 49.2. The van der Waals surface area contributed by atoms with Gasteiger partial charge in [-0.15, -0.1) is 4.13 Å². The average molecular weight is 370 g/mol. The van der Waals surface area contributed by atoms with Crippen molar-refractivity contribution in [3.05, 3.63) is 0 Å². The van der Waals surface area contributed by atoms with Gasteiger partial charge in [-0.1, -0.05) is 78.1 Å². The molecule has 23 heavy (non-hydrogen) atoms. The van der Waals surface area contributed by atoms with Crippen molar-refractivity contribution >= 4 is 20.0 Å². The third-order valence-corrected chi connectivity index (χ3v) is 7.47. The molecule has 0 aliphatic rings. The van der Waals surface area contributed by atoms with E-state index in [1.807, 2.05) is 4.13 Å². The molecule has 0 atom stereocenters. The van der Waals surface area contributed by atoms with Crippen LogP contribution in [0.4, 0.5) is 0 Å². The Morgan fingerprint density at radius 3 is 1.17 bits per heavy atom. The highest BCUT2D eigenvalue weighted by atomic mass is 32.3. The average Bonchev–Trinajstić information content (AvgIpc) is 2.45. The number of nitrogens with one attached hydrogen (secondary N) is 1. The van der Waals surface area contributed by atoms with Crippen LogP contribution in [-0.4, -0.2) is 28.3 Å². The van der Waals surface area contributed by atoms with Gasteiger partial charge in [-0.05, 0) is 12.8 Å². The SMILES string of the molecule is CCCCCCCCS(=O)(=O)NS(=O)(=O)CCCCCCCC. The first-order chi connectivity index (χ1) is 10.8. The van der Waals surface area contributed by atoms with E-state index in [1.165, 1.54) is 0 Å². The van der Waals surface area contributed by atoms with Gasteiger partial charge in [-0.2, -0.15) is 0 Å². The Bertz CT molecular complexity index is 428. The maximum atomic E-state index is 11.8. The van der Waals surface area contributed by atoms with Crippen LogP contribution in [0.25, 0.3) is 0 Å². The van der Waals surface area contributed by atoms with Crippen LogP contribution in [0.1, 0.15) is 90.9 Å². The highest BCUT2D eigenvalue weighted by Gasteiger charge is 2.19. The van der Waals surface area contributed by atoms with Gasteiger partial charge in [0.2, 0.25) is 20.0 Å². The van der Waals surface area contributed by atoms with E-state index in [-0.39, 0.29) is 11.5 Å². The molecule has 0 heterocycles. The van der Waals surface area contributed by atoms with Crippen LogP contribution < -0.4 is 4.13 Å². The van der Waals surface area contributed by atoms with Crippen molar-refractivity contribution in [1.82, 2.24) is 4.13 Å². The standard InChI is InChI=1S/C16H35NO4S2/c1-3-5-7-9-11-13-15-22(18,19)17-23(20,21)16-14-12-10-8-6-4-2/h17H,3-16H2,1-2H3. The number of hydrogen-bond acceptors (Lipinski definition) is 4. The van der Waals surface area contributed by atoms with E-state index in [9.17, 15) is 16.8 Å². The first kappa shape index (κ1) is 22.9. The lowest BCUT2D eigenvalue weighted by Gasteiger charge is -2.08. The molecular formula is C16H35NO4S2. The van der Waals surface area contributed by atoms with E-state index in [4.69, 9.17) is 0 Å². The zero-order chi connectivity index (χ0) is 17.6. The third kappa shape index (κ3) is 15.1. The molecule has 0 radical (unpaired) electrons. The summed E-state index contributed by atoms with van der Waals surface area (Å²) in [6.45, 7) is 4.26. The molecule has 0 rings (SSSR count). The van der Waals surface area contributed by atoms with Gasteiger partial charge in [0.25, 0.3) is 0 Å². The van der Waals surface area contributed by atoms with Gasteiger partial charge < -0.3 is 0 Å². The van der Waals surface area contributed by atoms with Gasteiger partial charge in [-0.3, -0.25) is 0 Å². The van der Waals surface area contributed by atoms with Crippen LogP contribution in [0.5, 0.6) is 0 Å². The van der Waals surface area contributed by atoms with Gasteiger partial charge in [-0.25, -0.2) is 16.8 Å². The number of unbranched alkanes of at least 4 members (excludes halogenated alkanes) is 10. The number of sulfonamides is 2. The highest BCUT2D eigenvalue weighted by molar-refractivity contribution is 8.04. The topological polar surface area (TPSA) is 80.3 Å². The molecule has 0 fully saturated rings. The fraction of sp³-hybridized carbons (Fsp3) is 1.00. The van der Waals surface area contributed by atoms with Gasteiger partial charge in [0.1, 0.15) is 0 Å². The largest absolute Gasteiger partial charge is 0.224 e. The van der Waals surface area contributed by atoms with Crippen molar-refractivity contribution in [1.29, 1.82) is 0 Å². The summed E-state index contributed by atoms with van der Waals surface area (Å²) in [5.74, 6) is -0.205. The Morgan fingerprint density at radius 1 is 0.522 bits per heavy atom. The molecular weight excluding hydrogens is 334 g/mol. The van der Waals surface area contributed by atoms with E-state index in [0.717, 1.165) is 64.2 Å². The minimum atomic E-state index is -3.72. The predicted molar refractivity (Wildman–Crippen MR) is 97.5 cm³/mol. The lowest BCUT2D eigenvalue weighted by Crippen LogP contribution is -2.34. The molecule has 7 heteroatoms. The van der Waals surface area contributed by atoms with Gasteiger partial charge in [0.15, 0.2) is 0 Å². The fourth-order valence-electron chi connectivity index (χ4n) is 2.42. The fourth-order valence-corrected chi connectivity index (χ4v) is 5.80. The summed E-state index contributed by atoms with van der Waals surface area (Å²) in [6, 6.07) is 0. The second-order valence-electron chi connectivity index (χ2n) is 6.26. The molecule has 1 N–H and O–H groups in total. The molecule has 0 bridgehead atoms. The van der Waals surface area contributed by atoms with E-state index in [1.54, 1.807) is 0 Å². The Kier molecular flexibility index (Phi) is 13.1. The molecule has 0 aromatic rings. The third-order valence-electron chi connectivity index (χ3n) is 3.79. The summed E-state index contributed by atoms with van der Waals surface area (Å²) in [5, 5.41) is 0. The van der Waals surface area contributed by atoms with Crippen LogP contribution in [0.3, 0.4) is 0 Å². The van der Waals surface area contributed by atoms with E-state index < -0.39 is 20.0 Å². The maximum Gasteiger partial charge on any atom is 0.224 e. The molecule has 0 saturated carbocycles. The predicted octanol–water partition coefficient (Wildman–Crippen LogP) is 3.96. The Balaban J connectivity index is 3.92. The van der Waals surface area contributed by atoms with Crippen molar-refractivity contribution in [2.45, 2.75) is 90.9 Å². The smallest absolute Gasteiger partial charge is 0.211 e. The molecule has 0 aliphatic heterocycles. The quantitative estimate of drug-likeness (QED) is 0.418. The van der Waals surface area contributed by atoms with Gasteiger partial charge >= 0.3 is 0 Å². The molecule has 0 aliphatic carbocycles. The number of hydrogen-bond donors (Lipinski definition) is 1. The molecule has 0 saturated heterocycles. The number of rotatable bonds is 16. The molecule has 0 spiro atoms. The summed E-state index contributed by atoms with van der Waals surface area (Å²) in [7, 11) is -7.44. The van der Waals surface area contributed by atoms with Crippen molar-refractivity contribution in [3.8, 4) is 0 Å². The Hall–Kier alpha value is -0.140. The van der Waals surface area contributed by atoms with E-state index >= 15 is 0 Å². The molecule has 0 unspecified atom stereocenters. The normalized spacial score (nSPS) is 12.6. The minimum absolute atomic E-state index is 0.102. The summed E-state index contributed by atoms with van der Waals surface area (Å²) in [6.07, 6.45) is 11.6. The molecule has 0 aromatic carbocycles. The van der Waals surface area contributed by atoms with Crippen LogP contribution in [0.2, 0.25) is 0 Å². The monoisotopic (exact) mass is 369 g/mol. The molecule has 5 nitrogen and oxygen atoms in total. The van der Waals surface area contributed by atoms with E-state index in [0.29, 0.717) is 12.8 Å². The summed E-state index contributed by atoms with van der Waals surface area (Å²) >= 11 is 0. The van der Waals surface area contributed by atoms with Crippen molar-refractivity contribution in [3.63, 3.8) is 0 Å². The summed E-state index contributed by atoms with van der Waals surface area (Å²) in [4.78, 5) is 0. The molecule has 0 aromatic heterocycles. The van der Waals surface area contributed by atoms with Gasteiger partial charge in [0.05, 0.1) is 11.5 Å². The zero-order valence-electron chi connectivity index (χ0n) is 14.8. The van der Waals surface area contributed by atoms with Crippen molar-refractivity contribution in [2.75, 3.05) is 11.5 Å². The Labute approximate surface area is 143 Å². The highest BCUT2D eigenvalue weighted by Crippen LogP contribution is 2.08. The lowest BCUT2D eigenvalue weighted by molar-refractivity contribution is 0.566. The maximum absolute atomic E-state index is 11.8. The second-order valence-corrected chi connectivity index (χ2v) is 10.2. The first-order valence-electron chi connectivity index (χ1n) is 9.07. The van der Waals surface area contributed by atoms with Crippen LogP contribution in [0, 0.1) is 0 Å². The van der Waals surface area contributed by atoms with Gasteiger partial charge in [0, 0.05) is 0 Å². The van der Waals surface area contributed by atoms with Crippen LogP contribution in [0.15, 0.2) is 0 Å². The second kappa shape index (κ2) is 13.2. The summed E-state index contributed by atoms with van der Waals surface area (Å²) in [5.41, 5.74) is 0. The van der Waals surface area contributed by atoms with Crippen LogP contribution >= 0.6 is 0 Å². The zero-order valence-corrected chi connectivity index (χ0v) is 16.5. The van der Waals surface area contributed by atoms with E-state index in [2.05, 4.69) is 13.8 Å². The van der Waals surface area contributed by atoms with Crippen molar-refractivity contribution in [2.24, 2.45) is 0 Å². The van der Waals surface area contributed by atoms with Crippen LogP contribution in [-0.2, 0) is 20.0 Å². The first-order valence-corrected chi connectivity index (χ1v) is 12.4. The minimum Gasteiger partial charge on any atom is -0.211 e. The molecule has 0 amide bonds. The Morgan fingerprint density at radius 2 is 0.826 bits per heavy atom.